The van der Waals surface area contributed by atoms with E-state index in [9.17, 15) is 4.79 Å². The lowest BCUT2D eigenvalue weighted by Crippen LogP contribution is -2.36. The first-order chi connectivity index (χ1) is 11.7. The molecular weight excluding hydrogens is 308 g/mol. The highest BCUT2D eigenvalue weighted by Gasteiger charge is 2.30. The van der Waals surface area contributed by atoms with Crippen molar-refractivity contribution in [1.29, 1.82) is 0 Å². The zero-order valence-corrected chi connectivity index (χ0v) is 13.6. The number of nitrogens with zero attached hydrogens (tertiary/aromatic N) is 6. The molecular formula is C16H18N6O2. The molecule has 0 bridgehead atoms. The molecule has 0 aliphatic carbocycles. The highest BCUT2D eigenvalue weighted by molar-refractivity contribution is 5.91. The number of fused-ring (bicyclic) bond motifs is 1. The lowest BCUT2D eigenvalue weighted by atomic mass is 10.0. The number of aryl methyl sites for hydroxylation is 2. The van der Waals surface area contributed by atoms with Gasteiger partial charge in [0.05, 0.1) is 12.8 Å². The molecule has 8 heteroatoms. The summed E-state index contributed by atoms with van der Waals surface area (Å²) in [6.45, 7) is 3.94. The third-order valence-electron chi connectivity index (χ3n) is 4.43. The molecule has 8 nitrogen and oxygen atoms in total. The van der Waals surface area contributed by atoms with Crippen molar-refractivity contribution in [3.8, 4) is 11.5 Å². The summed E-state index contributed by atoms with van der Waals surface area (Å²) in [5, 5.41) is 12.8. The van der Waals surface area contributed by atoms with Gasteiger partial charge in [-0.15, -0.1) is 10.2 Å². The zero-order valence-electron chi connectivity index (χ0n) is 13.6. The average molecular weight is 326 g/mol. The van der Waals surface area contributed by atoms with Gasteiger partial charge in [0.1, 0.15) is 12.0 Å². The normalized spacial score (nSPS) is 14.0. The van der Waals surface area contributed by atoms with Crippen molar-refractivity contribution in [2.45, 2.75) is 26.4 Å². The van der Waals surface area contributed by atoms with Crippen LogP contribution < -0.4 is 0 Å². The minimum Gasteiger partial charge on any atom is -0.459 e. The molecule has 1 aliphatic heterocycles. The van der Waals surface area contributed by atoms with Crippen molar-refractivity contribution in [2.24, 2.45) is 7.05 Å². The summed E-state index contributed by atoms with van der Waals surface area (Å²) < 4.78 is 9.08. The van der Waals surface area contributed by atoms with Crippen LogP contribution in [0.25, 0.3) is 11.5 Å². The first kappa shape index (κ1) is 14.7. The van der Waals surface area contributed by atoms with E-state index in [0.717, 1.165) is 35.7 Å². The van der Waals surface area contributed by atoms with Gasteiger partial charge in [0.15, 0.2) is 11.6 Å². The Morgan fingerprint density at radius 2 is 2.29 bits per heavy atom. The van der Waals surface area contributed by atoms with Crippen LogP contribution >= 0.6 is 0 Å². The van der Waals surface area contributed by atoms with E-state index in [0.29, 0.717) is 18.8 Å². The van der Waals surface area contributed by atoms with Crippen LogP contribution in [0.1, 0.15) is 28.7 Å². The fourth-order valence-corrected chi connectivity index (χ4v) is 3.17. The van der Waals surface area contributed by atoms with E-state index in [1.807, 2.05) is 23.2 Å². The first-order valence-electron chi connectivity index (χ1n) is 7.94. The number of rotatable bonds is 3. The van der Waals surface area contributed by atoms with Gasteiger partial charge in [-0.1, -0.05) is 0 Å². The number of amides is 1. The summed E-state index contributed by atoms with van der Waals surface area (Å²) in [6, 6.07) is 3.41. The van der Waals surface area contributed by atoms with E-state index in [1.54, 1.807) is 23.4 Å². The van der Waals surface area contributed by atoms with Crippen molar-refractivity contribution in [3.63, 3.8) is 0 Å². The largest absolute Gasteiger partial charge is 0.459 e. The monoisotopic (exact) mass is 326 g/mol. The number of hydrogen-bond donors (Lipinski definition) is 0. The van der Waals surface area contributed by atoms with Crippen LogP contribution in [0.2, 0.25) is 0 Å². The van der Waals surface area contributed by atoms with Crippen LogP contribution in [0.4, 0.5) is 0 Å². The highest BCUT2D eigenvalue weighted by Crippen LogP contribution is 2.29. The van der Waals surface area contributed by atoms with Gasteiger partial charge < -0.3 is 13.9 Å². The van der Waals surface area contributed by atoms with Gasteiger partial charge in [0.2, 0.25) is 0 Å². The summed E-state index contributed by atoms with van der Waals surface area (Å²) in [4.78, 5) is 14.4. The molecule has 0 saturated carbocycles. The fourth-order valence-electron chi connectivity index (χ4n) is 3.17. The summed E-state index contributed by atoms with van der Waals surface area (Å²) in [7, 11) is 1.93. The van der Waals surface area contributed by atoms with Gasteiger partial charge >= 0.3 is 0 Å². The predicted molar refractivity (Wildman–Crippen MR) is 85.1 cm³/mol. The molecule has 0 N–H and O–H groups in total. The molecule has 124 valence electrons. The Morgan fingerprint density at radius 1 is 1.42 bits per heavy atom. The molecule has 0 saturated heterocycles. The van der Waals surface area contributed by atoms with Crippen molar-refractivity contribution in [1.82, 2.24) is 29.4 Å². The minimum atomic E-state index is -0.0996. The van der Waals surface area contributed by atoms with Crippen molar-refractivity contribution >= 4 is 5.91 Å². The molecule has 0 unspecified atom stereocenters. The Hall–Kier alpha value is -2.90. The van der Waals surface area contributed by atoms with E-state index in [1.165, 1.54) is 6.26 Å². The average Bonchev–Trinajstić information content (AvgIpc) is 3.33. The number of furan rings is 1. The van der Waals surface area contributed by atoms with Crippen LogP contribution in [0, 0.1) is 0 Å². The lowest BCUT2D eigenvalue weighted by Gasteiger charge is -2.26. The van der Waals surface area contributed by atoms with Crippen LogP contribution in [0.15, 0.2) is 29.1 Å². The van der Waals surface area contributed by atoms with Gasteiger partial charge in [-0.25, -0.2) is 0 Å². The Balaban J connectivity index is 1.71. The standard InChI is InChI=1S/C16H18N6O2/c1-3-21-10-17-18-15(21)14-11-9-22(7-6-12(11)20(2)19-14)16(23)13-5-4-8-24-13/h4-5,8,10H,3,6-7,9H2,1-2H3. The molecule has 0 radical (unpaired) electrons. The maximum atomic E-state index is 12.6. The summed E-state index contributed by atoms with van der Waals surface area (Å²) >= 11 is 0. The molecule has 0 fully saturated rings. The second-order valence-corrected chi connectivity index (χ2v) is 5.79. The fraction of sp³-hybridized carbons (Fsp3) is 0.375. The third-order valence-corrected chi connectivity index (χ3v) is 4.43. The smallest absolute Gasteiger partial charge is 0.289 e. The SMILES string of the molecule is CCn1cnnc1-c1nn(C)c2c1CN(C(=O)c1ccco1)CC2. The molecule has 1 aliphatic rings. The van der Waals surface area contributed by atoms with Crippen molar-refractivity contribution in [3.05, 3.63) is 41.7 Å². The Morgan fingerprint density at radius 3 is 3.04 bits per heavy atom. The zero-order chi connectivity index (χ0) is 16.7. The Labute approximate surface area is 138 Å². The van der Waals surface area contributed by atoms with Gasteiger partial charge in [0, 0.05) is 37.8 Å². The van der Waals surface area contributed by atoms with Gasteiger partial charge in [0.25, 0.3) is 5.91 Å². The molecule has 4 heterocycles. The number of aromatic nitrogens is 5. The maximum Gasteiger partial charge on any atom is 0.289 e. The second kappa shape index (κ2) is 5.63. The highest BCUT2D eigenvalue weighted by atomic mass is 16.3. The van der Waals surface area contributed by atoms with Gasteiger partial charge in [-0.05, 0) is 19.1 Å². The maximum absolute atomic E-state index is 12.6. The first-order valence-corrected chi connectivity index (χ1v) is 7.94. The summed E-state index contributed by atoms with van der Waals surface area (Å²) in [6.07, 6.45) is 3.97. The van der Waals surface area contributed by atoms with Crippen molar-refractivity contribution in [2.75, 3.05) is 6.54 Å². The molecule has 3 aromatic rings. The lowest BCUT2D eigenvalue weighted by molar-refractivity contribution is 0.0701. The number of hydrogen-bond acceptors (Lipinski definition) is 5. The molecule has 0 atom stereocenters. The van der Waals surface area contributed by atoms with E-state index >= 15 is 0 Å². The van der Waals surface area contributed by atoms with Gasteiger partial charge in [-0.3, -0.25) is 9.48 Å². The molecule has 1 amide bonds. The van der Waals surface area contributed by atoms with E-state index in [-0.39, 0.29) is 5.91 Å². The predicted octanol–water partition coefficient (Wildman–Crippen LogP) is 1.49. The van der Waals surface area contributed by atoms with Crippen LogP contribution in [0.3, 0.4) is 0 Å². The second-order valence-electron chi connectivity index (χ2n) is 5.79. The van der Waals surface area contributed by atoms with Crippen LogP contribution in [-0.2, 0) is 26.6 Å². The number of carbonyl (C=O) groups excluding carboxylic acids is 1. The van der Waals surface area contributed by atoms with Gasteiger partial charge in [-0.2, -0.15) is 5.10 Å². The topological polar surface area (TPSA) is 82.0 Å². The Kier molecular flexibility index (Phi) is 3.44. The van der Waals surface area contributed by atoms with E-state index in [2.05, 4.69) is 15.3 Å². The van der Waals surface area contributed by atoms with Crippen LogP contribution in [0.5, 0.6) is 0 Å². The molecule has 24 heavy (non-hydrogen) atoms. The van der Waals surface area contributed by atoms with Crippen LogP contribution in [-0.4, -0.2) is 41.9 Å². The Bertz CT molecular complexity index is 877. The third kappa shape index (κ3) is 2.22. The van der Waals surface area contributed by atoms with E-state index in [4.69, 9.17) is 4.42 Å². The van der Waals surface area contributed by atoms with Crippen molar-refractivity contribution < 1.29 is 9.21 Å². The quantitative estimate of drug-likeness (QED) is 0.728. The number of carbonyl (C=O) groups is 1. The minimum absolute atomic E-state index is 0.0996. The molecule has 4 rings (SSSR count). The molecule has 0 aromatic carbocycles. The van der Waals surface area contributed by atoms with E-state index < -0.39 is 0 Å². The molecule has 3 aromatic heterocycles. The summed E-state index contributed by atoms with van der Waals surface area (Å²) in [5.74, 6) is 1.000. The molecule has 0 spiro atoms. The summed E-state index contributed by atoms with van der Waals surface area (Å²) in [5.41, 5.74) is 2.97.